The van der Waals surface area contributed by atoms with E-state index in [1.165, 1.54) is 18.2 Å². The molecule has 0 saturated heterocycles. The Morgan fingerprint density at radius 3 is 2.71 bits per heavy atom. The summed E-state index contributed by atoms with van der Waals surface area (Å²) in [5.74, 6) is 0.556. The Morgan fingerprint density at radius 2 is 2.00 bits per heavy atom. The summed E-state index contributed by atoms with van der Waals surface area (Å²) in [7, 11) is 0. The van der Waals surface area contributed by atoms with Crippen molar-refractivity contribution in [2.45, 2.75) is 18.8 Å². The number of fused-ring (bicyclic) bond motifs is 1. The van der Waals surface area contributed by atoms with Gasteiger partial charge in [0.2, 0.25) is 0 Å². The van der Waals surface area contributed by atoms with Gasteiger partial charge in [0.05, 0.1) is 24.8 Å². The van der Waals surface area contributed by atoms with Crippen molar-refractivity contribution < 1.29 is 22.7 Å². The maximum absolute atomic E-state index is 13.1. The Hall–Kier alpha value is -2.38. The van der Waals surface area contributed by atoms with Gasteiger partial charge in [0.15, 0.2) is 0 Å². The number of nitrogens with one attached hydrogen (secondary N) is 1. The summed E-state index contributed by atoms with van der Waals surface area (Å²) < 4.78 is 44.9. The van der Waals surface area contributed by atoms with E-state index in [1.54, 1.807) is 24.5 Å². The van der Waals surface area contributed by atoms with Gasteiger partial charge in [-0.3, -0.25) is 4.98 Å². The minimum Gasteiger partial charge on any atom is -0.460 e. The first-order valence-electron chi connectivity index (χ1n) is 7.32. The molecule has 0 unspecified atom stereocenters. The van der Waals surface area contributed by atoms with Crippen LogP contribution in [0.4, 0.5) is 13.2 Å². The lowest BCUT2D eigenvalue weighted by molar-refractivity contribution is -0.138. The van der Waals surface area contributed by atoms with Crippen molar-refractivity contribution in [3.63, 3.8) is 0 Å². The highest BCUT2D eigenvalue weighted by molar-refractivity contribution is 5.76. The molecule has 0 amide bonds. The molecule has 3 rings (SSSR count). The zero-order chi connectivity index (χ0) is 17.2. The molecule has 0 aliphatic carbocycles. The highest BCUT2D eigenvalue weighted by Crippen LogP contribution is 2.34. The minimum atomic E-state index is -4.48. The number of furan rings is 1. The predicted octanol–water partition coefficient (Wildman–Crippen LogP) is 3.67. The lowest BCUT2D eigenvalue weighted by Crippen LogP contribution is -2.26. The van der Waals surface area contributed by atoms with Gasteiger partial charge in [-0.2, -0.15) is 13.2 Å². The molecule has 0 bridgehead atoms. The highest BCUT2D eigenvalue weighted by atomic mass is 19.4. The number of pyridine rings is 1. The topological polar surface area (TPSA) is 58.3 Å². The smallest absolute Gasteiger partial charge is 0.416 e. The number of hydrogen-bond acceptors (Lipinski definition) is 4. The second-order valence-corrected chi connectivity index (χ2v) is 5.33. The second kappa shape index (κ2) is 6.62. The fraction of sp³-hybridized carbons (Fsp3) is 0.235. The molecule has 0 spiro atoms. The lowest BCUT2D eigenvalue weighted by Gasteiger charge is -2.20. The first kappa shape index (κ1) is 16.5. The summed E-state index contributed by atoms with van der Waals surface area (Å²) >= 11 is 0. The van der Waals surface area contributed by atoms with Crippen molar-refractivity contribution >= 4 is 11.0 Å². The molecule has 24 heavy (non-hydrogen) atoms. The highest BCUT2D eigenvalue weighted by Gasteiger charge is 2.34. The van der Waals surface area contributed by atoms with Crippen molar-refractivity contribution in [1.29, 1.82) is 0 Å². The van der Waals surface area contributed by atoms with Gasteiger partial charge in [-0.05, 0) is 23.8 Å². The molecule has 2 heterocycles. The van der Waals surface area contributed by atoms with E-state index in [0.29, 0.717) is 11.3 Å². The van der Waals surface area contributed by atoms with Crippen molar-refractivity contribution in [1.82, 2.24) is 10.3 Å². The molecule has 0 fully saturated rings. The molecule has 2 aromatic heterocycles. The fourth-order valence-corrected chi connectivity index (χ4v) is 2.58. The molecular formula is C17H15F3N2O2. The van der Waals surface area contributed by atoms with E-state index >= 15 is 0 Å². The summed E-state index contributed by atoms with van der Waals surface area (Å²) in [6.07, 6.45) is -1.24. The van der Waals surface area contributed by atoms with Crippen LogP contribution in [-0.4, -0.2) is 16.7 Å². The van der Waals surface area contributed by atoms with Gasteiger partial charge in [0.25, 0.3) is 0 Å². The first-order chi connectivity index (χ1) is 11.5. The van der Waals surface area contributed by atoms with Crippen LogP contribution in [0, 0.1) is 0 Å². The molecule has 0 radical (unpaired) electrons. The van der Waals surface area contributed by atoms with Gasteiger partial charge >= 0.3 is 6.18 Å². The molecule has 0 aliphatic heterocycles. The molecule has 1 aromatic carbocycles. The number of benzene rings is 1. The van der Waals surface area contributed by atoms with Crippen LogP contribution in [0.25, 0.3) is 11.0 Å². The summed E-state index contributed by atoms with van der Waals surface area (Å²) in [5, 5.41) is 13.2. The molecule has 2 N–H and O–H groups in total. The van der Waals surface area contributed by atoms with Crippen LogP contribution >= 0.6 is 0 Å². The summed E-state index contributed by atoms with van der Waals surface area (Å²) in [6.45, 7) is -0.277. The molecule has 4 nitrogen and oxygen atoms in total. The summed E-state index contributed by atoms with van der Waals surface area (Å²) in [5.41, 5.74) is -0.103. The number of aromatic nitrogens is 1. The third-order valence-electron chi connectivity index (χ3n) is 3.71. The average molecular weight is 336 g/mol. The summed E-state index contributed by atoms with van der Waals surface area (Å²) in [4.78, 5) is 3.98. The zero-order valence-corrected chi connectivity index (χ0v) is 12.5. The molecule has 7 heteroatoms. The van der Waals surface area contributed by atoms with Gasteiger partial charge in [-0.1, -0.05) is 18.2 Å². The standard InChI is InChI=1S/C17H15F3N2O2/c18-17(19,20)14-4-2-1-3-13(14)15(10-23)22-9-12-7-11-8-21-6-5-16(11)24-12/h1-8,15,22-23H,9-10H2/t15-/m0/s1. The second-order valence-electron chi connectivity index (χ2n) is 5.33. The van der Waals surface area contributed by atoms with Gasteiger partial charge in [0, 0.05) is 17.8 Å². The van der Waals surface area contributed by atoms with Gasteiger partial charge in [-0.25, -0.2) is 0 Å². The number of nitrogens with zero attached hydrogens (tertiary/aromatic N) is 1. The Labute approximate surface area is 135 Å². The van der Waals surface area contributed by atoms with Crippen LogP contribution in [0.5, 0.6) is 0 Å². The Kier molecular flexibility index (Phi) is 4.55. The fourth-order valence-electron chi connectivity index (χ4n) is 2.58. The Balaban J connectivity index is 1.80. The van der Waals surface area contributed by atoms with Crippen LogP contribution in [0.2, 0.25) is 0 Å². The van der Waals surface area contributed by atoms with Crippen molar-refractivity contribution in [3.8, 4) is 0 Å². The zero-order valence-electron chi connectivity index (χ0n) is 12.5. The van der Waals surface area contributed by atoms with Crippen LogP contribution in [0.15, 0.2) is 53.2 Å². The van der Waals surface area contributed by atoms with Gasteiger partial charge in [-0.15, -0.1) is 0 Å². The Morgan fingerprint density at radius 1 is 1.21 bits per heavy atom. The minimum absolute atomic E-state index is 0.00489. The SMILES string of the molecule is OC[C@H](NCc1cc2cnccc2o1)c1ccccc1C(F)(F)F. The van der Waals surface area contributed by atoms with E-state index in [9.17, 15) is 18.3 Å². The summed E-state index contributed by atoms with van der Waals surface area (Å²) in [6, 6.07) is 7.83. The number of hydrogen-bond donors (Lipinski definition) is 2. The average Bonchev–Trinajstić information content (AvgIpc) is 2.98. The quantitative estimate of drug-likeness (QED) is 0.746. The van der Waals surface area contributed by atoms with Crippen molar-refractivity contribution in [3.05, 3.63) is 65.7 Å². The molecule has 3 aromatic rings. The third kappa shape index (κ3) is 3.42. The molecule has 1 atom stereocenters. The molecule has 0 aliphatic rings. The number of rotatable bonds is 5. The van der Waals surface area contributed by atoms with Crippen molar-refractivity contribution in [2.24, 2.45) is 0 Å². The normalized spacial score (nSPS) is 13.3. The van der Waals surface area contributed by atoms with Crippen LogP contribution in [0.1, 0.15) is 22.9 Å². The first-order valence-corrected chi connectivity index (χ1v) is 7.32. The van der Waals surface area contributed by atoms with Crippen LogP contribution in [-0.2, 0) is 12.7 Å². The number of aliphatic hydroxyl groups is 1. The predicted molar refractivity (Wildman–Crippen MR) is 82.1 cm³/mol. The van der Waals surface area contributed by atoms with E-state index in [-0.39, 0.29) is 12.1 Å². The van der Waals surface area contributed by atoms with E-state index in [0.717, 1.165) is 11.5 Å². The lowest BCUT2D eigenvalue weighted by atomic mass is 10.00. The maximum atomic E-state index is 13.1. The third-order valence-corrected chi connectivity index (χ3v) is 3.71. The molecule has 126 valence electrons. The van der Waals surface area contributed by atoms with E-state index < -0.39 is 24.4 Å². The number of alkyl halides is 3. The largest absolute Gasteiger partial charge is 0.460 e. The van der Waals surface area contributed by atoms with E-state index in [4.69, 9.17) is 4.42 Å². The maximum Gasteiger partial charge on any atom is 0.416 e. The van der Waals surface area contributed by atoms with Gasteiger partial charge in [0.1, 0.15) is 11.3 Å². The van der Waals surface area contributed by atoms with Crippen LogP contribution in [0.3, 0.4) is 0 Å². The van der Waals surface area contributed by atoms with E-state index in [1.807, 2.05) is 0 Å². The van der Waals surface area contributed by atoms with Crippen molar-refractivity contribution in [2.75, 3.05) is 6.61 Å². The Bertz CT molecular complexity index is 797. The molecule has 0 saturated carbocycles. The van der Waals surface area contributed by atoms with Gasteiger partial charge < -0.3 is 14.8 Å². The van der Waals surface area contributed by atoms with E-state index in [2.05, 4.69) is 10.3 Å². The number of halogens is 3. The molecular weight excluding hydrogens is 321 g/mol. The van der Waals surface area contributed by atoms with Crippen LogP contribution < -0.4 is 5.32 Å². The number of aliphatic hydroxyl groups excluding tert-OH is 1. The monoisotopic (exact) mass is 336 g/mol.